The van der Waals surface area contributed by atoms with E-state index in [2.05, 4.69) is 48.6 Å². The van der Waals surface area contributed by atoms with Crippen LogP contribution in [0.15, 0.2) is 0 Å². The molecule has 4 aromatic carbocycles. The summed E-state index contributed by atoms with van der Waals surface area (Å²) in [5, 5.41) is 0. The van der Waals surface area contributed by atoms with Gasteiger partial charge < -0.3 is 4.48 Å². The Morgan fingerprint density at radius 2 is 0.407 bits per heavy atom. The molecule has 326 valence electrons. The maximum Gasteiger partial charge on any atom is 0.200 e. The molecular weight excluding hydrogens is 849 g/mol. The molecule has 3 atom stereocenters. The lowest BCUT2D eigenvalue weighted by Crippen LogP contribution is -2.81. The average molecular weight is 879 g/mol. The smallest absolute Gasteiger partial charge is 0.200 e. The first-order valence-corrected chi connectivity index (χ1v) is 17.2. The topological polar surface area (TPSA) is 0 Å². The molecule has 1 nitrogen and oxygen atoms in total. The van der Waals surface area contributed by atoms with Gasteiger partial charge in [0.25, 0.3) is 0 Å². The Kier molecular flexibility index (Phi) is 14.6. The van der Waals surface area contributed by atoms with E-state index in [1.54, 1.807) is 0 Å². The zero-order valence-corrected chi connectivity index (χ0v) is 31.4. The molecule has 22 heteroatoms. The van der Waals surface area contributed by atoms with Crippen molar-refractivity contribution in [3.63, 3.8) is 0 Å². The van der Waals surface area contributed by atoms with Crippen molar-refractivity contribution < 1.29 is 92.3 Å². The molecule has 0 N–H and O–H groups in total. The molecule has 0 saturated heterocycles. The van der Waals surface area contributed by atoms with E-state index in [4.69, 9.17) is 0 Å². The van der Waals surface area contributed by atoms with Crippen molar-refractivity contribution in [2.75, 3.05) is 7.05 Å². The average Bonchev–Trinajstić information content (AvgIpc) is 3.22. The molecule has 4 aromatic rings. The summed E-state index contributed by atoms with van der Waals surface area (Å²) in [4.78, 5) is 0. The molecule has 0 aliphatic rings. The van der Waals surface area contributed by atoms with Crippen molar-refractivity contribution in [3.8, 4) is 0 Å². The zero-order valence-electron chi connectivity index (χ0n) is 31.4. The Bertz CT molecular complexity index is 1870. The molecule has 0 heterocycles. The van der Waals surface area contributed by atoms with E-state index in [0.717, 1.165) is 18.1 Å². The molecule has 0 bridgehead atoms. The quantitative estimate of drug-likeness (QED) is 0.0490. The fraction of sp³-hybridized carbons (Fsp3) is 0.351. The van der Waals surface area contributed by atoms with Gasteiger partial charge in [-0.25, -0.2) is 87.8 Å². The van der Waals surface area contributed by atoms with Crippen LogP contribution in [-0.4, -0.2) is 35.8 Å². The molecule has 0 aromatic heterocycles. The summed E-state index contributed by atoms with van der Waals surface area (Å²) in [6.45, 7) is 14.1. The Labute approximate surface area is 322 Å². The molecule has 0 aliphatic heterocycles. The molecular formula is C37H30BF20N. The molecule has 0 amide bonds. The second-order valence-corrected chi connectivity index (χ2v) is 13.8. The lowest BCUT2D eigenvalue weighted by atomic mass is 9.12. The Morgan fingerprint density at radius 1 is 0.288 bits per heavy atom. The van der Waals surface area contributed by atoms with Gasteiger partial charge in [0, 0.05) is 0 Å². The van der Waals surface area contributed by atoms with Gasteiger partial charge in [0.15, 0.2) is 69.8 Å². The summed E-state index contributed by atoms with van der Waals surface area (Å²) in [5.74, 6) is -71.4. The largest absolute Gasteiger partial charge is 0.319 e. The predicted molar refractivity (Wildman–Crippen MR) is 175 cm³/mol. The monoisotopic (exact) mass is 879 g/mol. The van der Waals surface area contributed by atoms with Crippen LogP contribution in [0.25, 0.3) is 0 Å². The fourth-order valence-electron chi connectivity index (χ4n) is 7.36. The standard InChI is InChI=1S/C24BF20.C13H30N/c26-5-1(6(27)14(35)21(42)13(5)34)25(2-7(28)15(36)22(43)16(37)8(2)29,3-9(30)17(38)23(44)18(39)10(3)31)4-11(32)19(40)24(45)20(41)12(4)33;1-8-11(4)14(7,12(5)9-2)13(6)10-3/h;11-13H,8-10H2,1-7H3/q-1;+1. The number of nitrogens with zero attached hydrogens (tertiary/aromatic N) is 1. The number of hydrogen-bond donors (Lipinski definition) is 0. The third-order valence-electron chi connectivity index (χ3n) is 11.3. The molecule has 0 aliphatic carbocycles. The first kappa shape index (κ1) is 48.9. The summed E-state index contributed by atoms with van der Waals surface area (Å²) in [6.07, 6.45) is -3.37. The van der Waals surface area contributed by atoms with Crippen molar-refractivity contribution in [3.05, 3.63) is 116 Å². The molecule has 0 saturated carbocycles. The highest BCUT2D eigenvalue weighted by atomic mass is 19.2. The van der Waals surface area contributed by atoms with Crippen molar-refractivity contribution >= 4 is 28.0 Å². The van der Waals surface area contributed by atoms with Crippen LogP contribution in [-0.2, 0) is 0 Å². The van der Waals surface area contributed by atoms with E-state index in [9.17, 15) is 52.7 Å². The van der Waals surface area contributed by atoms with Gasteiger partial charge in [0.05, 0.1) is 25.2 Å². The number of quaternary nitrogens is 1. The normalized spacial score (nSPS) is 14.5. The Balaban J connectivity index is 0.000000567. The van der Waals surface area contributed by atoms with E-state index in [0.29, 0.717) is 0 Å². The Morgan fingerprint density at radius 3 is 0.525 bits per heavy atom. The van der Waals surface area contributed by atoms with Gasteiger partial charge in [0.2, 0.25) is 0 Å². The SMILES string of the molecule is CCC(C)[N+](C)(C(C)CC)C(C)CC.Fc1c(F)c(F)c([B-](c2c(F)c(F)c(F)c(F)c2F)(c2c(F)c(F)c(F)c(F)c2F)c2c(F)c(F)c(F)c(F)c2F)c(F)c1F. The van der Waals surface area contributed by atoms with Gasteiger partial charge in [-0.05, 0) is 40.0 Å². The fourth-order valence-corrected chi connectivity index (χ4v) is 7.36. The summed E-state index contributed by atoms with van der Waals surface area (Å²) < 4.78 is 295. The van der Waals surface area contributed by atoms with Crippen LogP contribution < -0.4 is 21.9 Å². The highest BCUT2D eigenvalue weighted by molar-refractivity contribution is 7.20. The van der Waals surface area contributed by atoms with E-state index in [-0.39, 0.29) is 0 Å². The molecule has 59 heavy (non-hydrogen) atoms. The number of benzene rings is 4. The summed E-state index contributed by atoms with van der Waals surface area (Å²) in [5.41, 5.74) is -14.3. The number of halogens is 20. The van der Waals surface area contributed by atoms with Crippen molar-refractivity contribution in [1.29, 1.82) is 0 Å². The second-order valence-electron chi connectivity index (χ2n) is 13.8. The van der Waals surface area contributed by atoms with E-state index >= 15 is 35.1 Å². The third-order valence-corrected chi connectivity index (χ3v) is 11.3. The molecule has 0 spiro atoms. The maximum atomic E-state index is 15.4. The van der Waals surface area contributed by atoms with E-state index < -0.39 is 144 Å². The lowest BCUT2D eigenvalue weighted by Gasteiger charge is -2.49. The number of hydrogen-bond acceptors (Lipinski definition) is 0. The summed E-state index contributed by atoms with van der Waals surface area (Å²) >= 11 is 0. The summed E-state index contributed by atoms with van der Waals surface area (Å²) in [6, 6.07) is 2.33. The van der Waals surface area contributed by atoms with Crippen LogP contribution in [0.2, 0.25) is 0 Å². The maximum absolute atomic E-state index is 15.4. The van der Waals surface area contributed by atoms with Gasteiger partial charge >= 0.3 is 0 Å². The highest BCUT2D eigenvalue weighted by Gasteiger charge is 2.52. The van der Waals surface area contributed by atoms with Gasteiger partial charge in [-0.2, -0.15) is 0 Å². The van der Waals surface area contributed by atoms with E-state index in [1.807, 2.05) is 0 Å². The van der Waals surface area contributed by atoms with Crippen molar-refractivity contribution in [2.24, 2.45) is 0 Å². The van der Waals surface area contributed by atoms with Crippen molar-refractivity contribution in [2.45, 2.75) is 78.9 Å². The van der Waals surface area contributed by atoms with Gasteiger partial charge in [-0.3, -0.25) is 0 Å². The summed E-state index contributed by atoms with van der Waals surface area (Å²) in [7, 11) is 2.44. The predicted octanol–water partition coefficient (Wildman–Crippen LogP) is 9.67. The van der Waals surface area contributed by atoms with Crippen molar-refractivity contribution in [1.82, 2.24) is 0 Å². The zero-order chi connectivity index (χ0) is 45.7. The molecule has 3 unspecified atom stereocenters. The van der Waals surface area contributed by atoms with Crippen LogP contribution >= 0.6 is 0 Å². The lowest BCUT2D eigenvalue weighted by molar-refractivity contribution is -0.973. The third kappa shape index (κ3) is 7.29. The van der Waals surface area contributed by atoms with Crippen LogP contribution in [0.4, 0.5) is 87.8 Å². The van der Waals surface area contributed by atoms with Gasteiger partial charge in [-0.15, -0.1) is 21.9 Å². The minimum Gasteiger partial charge on any atom is -0.319 e. The van der Waals surface area contributed by atoms with E-state index in [1.165, 1.54) is 23.7 Å². The minimum absolute atomic E-state index is 0.778. The van der Waals surface area contributed by atoms with Crippen LogP contribution in [0.5, 0.6) is 0 Å². The first-order valence-electron chi connectivity index (χ1n) is 17.2. The van der Waals surface area contributed by atoms with Gasteiger partial charge in [0.1, 0.15) is 52.7 Å². The van der Waals surface area contributed by atoms with Crippen LogP contribution in [0.1, 0.15) is 60.8 Å². The minimum atomic E-state index is -7.22. The second kappa shape index (κ2) is 17.6. The molecule has 0 radical (unpaired) electrons. The highest BCUT2D eigenvalue weighted by Crippen LogP contribution is 2.31. The Hall–Kier alpha value is -4.50. The molecule has 4 rings (SSSR count). The molecule has 0 fully saturated rings. The van der Waals surface area contributed by atoms with Crippen LogP contribution in [0.3, 0.4) is 0 Å². The van der Waals surface area contributed by atoms with Crippen LogP contribution in [0, 0.1) is 116 Å². The number of rotatable bonds is 10. The first-order chi connectivity index (χ1) is 27.1. The van der Waals surface area contributed by atoms with Gasteiger partial charge in [-0.1, -0.05) is 20.8 Å².